The summed E-state index contributed by atoms with van der Waals surface area (Å²) in [5.74, 6) is 0.518. The Morgan fingerprint density at radius 1 is 1.30 bits per heavy atom. The summed E-state index contributed by atoms with van der Waals surface area (Å²) in [6.45, 7) is 3.60. The summed E-state index contributed by atoms with van der Waals surface area (Å²) in [5, 5.41) is 6.21. The summed E-state index contributed by atoms with van der Waals surface area (Å²) >= 11 is 6.09. The molecule has 0 bridgehead atoms. The van der Waals surface area contributed by atoms with Crippen molar-refractivity contribution in [2.45, 2.75) is 6.92 Å². The van der Waals surface area contributed by atoms with Crippen molar-refractivity contribution in [2.24, 2.45) is 11.8 Å². The van der Waals surface area contributed by atoms with Crippen LogP contribution in [0.5, 0.6) is 0 Å². The molecule has 1 aliphatic heterocycles. The minimum absolute atomic E-state index is 0.0562. The Hall–Kier alpha value is -1.72. The van der Waals surface area contributed by atoms with Crippen LogP contribution in [0.15, 0.2) is 24.3 Å². The van der Waals surface area contributed by atoms with Gasteiger partial charge in [-0.15, -0.1) is 0 Å². The highest BCUT2D eigenvalue weighted by atomic mass is 35.5. The van der Waals surface area contributed by atoms with Crippen LogP contribution in [0.1, 0.15) is 6.92 Å². The fourth-order valence-electron chi connectivity index (χ4n) is 2.43. The number of carbonyl (C=O) groups is 1. The summed E-state index contributed by atoms with van der Waals surface area (Å²) in [6.07, 6.45) is 0. The van der Waals surface area contributed by atoms with Crippen LogP contribution in [0.4, 0.5) is 5.82 Å². The van der Waals surface area contributed by atoms with E-state index in [0.29, 0.717) is 29.3 Å². The SMILES string of the molecule is CC1CNCC1C(=O)Nc1nc2ccccc2nc1Cl. The third-order valence-corrected chi connectivity index (χ3v) is 3.89. The number of halogens is 1. The van der Waals surface area contributed by atoms with E-state index >= 15 is 0 Å². The predicted molar refractivity (Wildman–Crippen MR) is 78.7 cm³/mol. The number of hydrogen-bond donors (Lipinski definition) is 2. The fourth-order valence-corrected chi connectivity index (χ4v) is 2.61. The molecule has 0 saturated carbocycles. The van der Waals surface area contributed by atoms with Gasteiger partial charge in [0.1, 0.15) is 0 Å². The molecule has 1 fully saturated rings. The van der Waals surface area contributed by atoms with E-state index in [2.05, 4.69) is 27.5 Å². The van der Waals surface area contributed by atoms with E-state index in [1.807, 2.05) is 24.3 Å². The lowest BCUT2D eigenvalue weighted by Crippen LogP contribution is -2.28. The van der Waals surface area contributed by atoms with E-state index < -0.39 is 0 Å². The predicted octanol–water partition coefficient (Wildman–Crippen LogP) is 2.08. The molecule has 0 aliphatic carbocycles. The summed E-state index contributed by atoms with van der Waals surface area (Å²) in [5.41, 5.74) is 1.43. The number of nitrogens with zero attached hydrogens (tertiary/aromatic N) is 2. The van der Waals surface area contributed by atoms with Gasteiger partial charge in [0.2, 0.25) is 5.91 Å². The van der Waals surface area contributed by atoms with Gasteiger partial charge in [0.05, 0.1) is 17.0 Å². The molecule has 5 nitrogen and oxygen atoms in total. The van der Waals surface area contributed by atoms with Gasteiger partial charge in [-0.1, -0.05) is 30.7 Å². The molecule has 1 aromatic carbocycles. The van der Waals surface area contributed by atoms with Crippen molar-refractivity contribution in [3.05, 3.63) is 29.4 Å². The molecule has 2 atom stereocenters. The zero-order valence-corrected chi connectivity index (χ0v) is 11.8. The zero-order valence-electron chi connectivity index (χ0n) is 11.1. The van der Waals surface area contributed by atoms with Gasteiger partial charge in [-0.25, -0.2) is 9.97 Å². The van der Waals surface area contributed by atoms with Crippen LogP contribution in [-0.2, 0) is 4.79 Å². The average Bonchev–Trinajstić information content (AvgIpc) is 2.86. The van der Waals surface area contributed by atoms with Crippen molar-refractivity contribution in [3.63, 3.8) is 0 Å². The molecule has 0 spiro atoms. The minimum Gasteiger partial charge on any atom is -0.316 e. The van der Waals surface area contributed by atoms with Crippen LogP contribution in [-0.4, -0.2) is 29.0 Å². The van der Waals surface area contributed by atoms with E-state index in [1.54, 1.807) is 0 Å². The molecule has 0 radical (unpaired) electrons. The molecule has 1 amide bonds. The van der Waals surface area contributed by atoms with Gasteiger partial charge < -0.3 is 10.6 Å². The average molecular weight is 291 g/mol. The highest BCUT2D eigenvalue weighted by molar-refractivity contribution is 6.32. The number of benzene rings is 1. The number of amides is 1. The molecule has 6 heteroatoms. The first-order valence-electron chi connectivity index (χ1n) is 6.59. The molecule has 2 unspecified atom stereocenters. The van der Waals surface area contributed by atoms with Crippen LogP contribution in [0.25, 0.3) is 11.0 Å². The minimum atomic E-state index is -0.0611. The fraction of sp³-hybridized carbons (Fsp3) is 0.357. The number of nitrogens with one attached hydrogen (secondary N) is 2. The lowest BCUT2D eigenvalue weighted by molar-refractivity contribution is -0.120. The lowest BCUT2D eigenvalue weighted by Gasteiger charge is -2.14. The number of aromatic nitrogens is 2. The number of hydrogen-bond acceptors (Lipinski definition) is 4. The second kappa shape index (κ2) is 5.34. The van der Waals surface area contributed by atoms with E-state index in [9.17, 15) is 4.79 Å². The van der Waals surface area contributed by atoms with E-state index in [0.717, 1.165) is 6.54 Å². The van der Waals surface area contributed by atoms with Crippen molar-refractivity contribution in [3.8, 4) is 0 Å². The second-order valence-electron chi connectivity index (χ2n) is 5.08. The first-order valence-corrected chi connectivity index (χ1v) is 6.97. The summed E-state index contributed by atoms with van der Waals surface area (Å²) < 4.78 is 0. The van der Waals surface area contributed by atoms with Crippen molar-refractivity contribution < 1.29 is 4.79 Å². The summed E-state index contributed by atoms with van der Waals surface area (Å²) in [4.78, 5) is 20.8. The third-order valence-electron chi connectivity index (χ3n) is 3.62. The molecule has 20 heavy (non-hydrogen) atoms. The molecule has 1 aliphatic rings. The number of rotatable bonds is 2. The van der Waals surface area contributed by atoms with E-state index in [1.165, 1.54) is 0 Å². The molecular weight excluding hydrogens is 276 g/mol. The number of fused-ring (bicyclic) bond motifs is 1. The van der Waals surface area contributed by atoms with Gasteiger partial charge in [0.15, 0.2) is 11.0 Å². The molecular formula is C14H15ClN4O. The van der Waals surface area contributed by atoms with Gasteiger partial charge >= 0.3 is 0 Å². The van der Waals surface area contributed by atoms with Crippen LogP contribution in [0, 0.1) is 11.8 Å². The van der Waals surface area contributed by atoms with Crippen LogP contribution in [0.2, 0.25) is 5.15 Å². The number of carbonyl (C=O) groups excluding carboxylic acids is 1. The Kier molecular flexibility index (Phi) is 3.54. The van der Waals surface area contributed by atoms with E-state index in [4.69, 9.17) is 11.6 Å². The van der Waals surface area contributed by atoms with Gasteiger partial charge in [-0.3, -0.25) is 4.79 Å². The standard InChI is InChI=1S/C14H15ClN4O/c1-8-6-16-7-9(8)14(20)19-13-12(15)17-10-4-2-3-5-11(10)18-13/h2-5,8-9,16H,6-7H2,1H3,(H,18,19,20). The molecule has 104 valence electrons. The summed E-state index contributed by atoms with van der Waals surface area (Å²) in [6, 6.07) is 7.42. The van der Waals surface area contributed by atoms with Crippen molar-refractivity contribution in [1.82, 2.24) is 15.3 Å². The molecule has 3 rings (SSSR count). The summed E-state index contributed by atoms with van der Waals surface area (Å²) in [7, 11) is 0. The Labute approximate surface area is 121 Å². The van der Waals surface area contributed by atoms with Gasteiger partial charge in [-0.05, 0) is 24.6 Å². The van der Waals surface area contributed by atoms with E-state index in [-0.39, 0.29) is 17.0 Å². The molecule has 1 aromatic heterocycles. The highest BCUT2D eigenvalue weighted by Crippen LogP contribution is 2.23. The highest BCUT2D eigenvalue weighted by Gasteiger charge is 2.30. The molecule has 1 saturated heterocycles. The Morgan fingerprint density at radius 2 is 2.00 bits per heavy atom. The molecule has 2 N–H and O–H groups in total. The number of para-hydroxylation sites is 2. The maximum absolute atomic E-state index is 12.2. The van der Waals surface area contributed by atoms with Crippen molar-refractivity contribution >= 4 is 34.4 Å². The Balaban J connectivity index is 1.86. The maximum Gasteiger partial charge on any atom is 0.230 e. The Morgan fingerprint density at radius 3 is 2.65 bits per heavy atom. The largest absolute Gasteiger partial charge is 0.316 e. The monoisotopic (exact) mass is 290 g/mol. The first-order chi connectivity index (χ1) is 9.65. The topological polar surface area (TPSA) is 66.9 Å². The van der Waals surface area contributed by atoms with Gasteiger partial charge in [0, 0.05) is 6.54 Å². The smallest absolute Gasteiger partial charge is 0.230 e. The normalized spacial score (nSPS) is 22.1. The lowest BCUT2D eigenvalue weighted by atomic mass is 9.97. The third kappa shape index (κ3) is 2.46. The maximum atomic E-state index is 12.2. The van der Waals surface area contributed by atoms with Gasteiger partial charge in [0.25, 0.3) is 0 Å². The second-order valence-corrected chi connectivity index (χ2v) is 5.44. The quantitative estimate of drug-likeness (QED) is 0.889. The van der Waals surface area contributed by atoms with Gasteiger partial charge in [-0.2, -0.15) is 0 Å². The van der Waals surface area contributed by atoms with Crippen LogP contribution in [0.3, 0.4) is 0 Å². The van der Waals surface area contributed by atoms with Crippen LogP contribution >= 0.6 is 11.6 Å². The first kappa shape index (κ1) is 13.3. The zero-order chi connectivity index (χ0) is 14.1. The van der Waals surface area contributed by atoms with Crippen molar-refractivity contribution in [2.75, 3.05) is 18.4 Å². The van der Waals surface area contributed by atoms with Crippen molar-refractivity contribution in [1.29, 1.82) is 0 Å². The number of anilines is 1. The molecule has 2 heterocycles. The molecule has 2 aromatic rings. The Bertz CT molecular complexity index is 661. The van der Waals surface area contributed by atoms with Crippen LogP contribution < -0.4 is 10.6 Å².